The fourth-order valence-electron chi connectivity index (χ4n) is 2.30. The molecule has 0 unspecified atom stereocenters. The minimum atomic E-state index is -0.778. The number of para-hydroxylation sites is 1. The van der Waals surface area contributed by atoms with E-state index in [1.807, 2.05) is 18.2 Å². The number of carbonyl (C=O) groups is 2. The van der Waals surface area contributed by atoms with Gasteiger partial charge in [-0.25, -0.2) is 4.79 Å². The maximum atomic E-state index is 12.5. The summed E-state index contributed by atoms with van der Waals surface area (Å²) in [5, 5.41) is 12.1. The molecule has 0 radical (unpaired) electrons. The average molecular weight is 311 g/mol. The summed E-state index contributed by atoms with van der Waals surface area (Å²) in [7, 11) is 1.27. The third-order valence-corrected chi connectivity index (χ3v) is 3.45. The Bertz CT molecular complexity index is 747. The lowest BCUT2D eigenvalue weighted by Gasteiger charge is -2.16. The SMILES string of the molecule is COC(=O)[C@@H](CCCC#N)NC(=O)c1cccc2cccnc12. The summed E-state index contributed by atoms with van der Waals surface area (Å²) in [5.41, 5.74) is 0.977. The Morgan fingerprint density at radius 2 is 2.13 bits per heavy atom. The Morgan fingerprint density at radius 1 is 1.35 bits per heavy atom. The van der Waals surface area contributed by atoms with Gasteiger partial charge in [-0.3, -0.25) is 9.78 Å². The number of fused-ring (bicyclic) bond motifs is 1. The van der Waals surface area contributed by atoms with E-state index in [0.29, 0.717) is 30.3 Å². The maximum absolute atomic E-state index is 12.5. The first-order valence-electron chi connectivity index (χ1n) is 7.26. The predicted octanol–water partition coefficient (Wildman–Crippen LogP) is 2.20. The summed E-state index contributed by atoms with van der Waals surface area (Å²) < 4.78 is 4.72. The molecule has 1 atom stereocenters. The highest BCUT2D eigenvalue weighted by Crippen LogP contribution is 2.16. The van der Waals surface area contributed by atoms with Gasteiger partial charge in [0.1, 0.15) is 6.04 Å². The number of methoxy groups -OCH3 is 1. The molecular formula is C17H17N3O3. The van der Waals surface area contributed by atoms with Crippen LogP contribution < -0.4 is 5.32 Å². The number of amides is 1. The number of rotatable bonds is 6. The fraction of sp³-hybridized carbons (Fsp3) is 0.294. The highest BCUT2D eigenvalue weighted by atomic mass is 16.5. The number of nitrogens with one attached hydrogen (secondary N) is 1. The maximum Gasteiger partial charge on any atom is 0.328 e. The topological polar surface area (TPSA) is 92.1 Å². The summed E-state index contributed by atoms with van der Waals surface area (Å²) in [6.07, 6.45) is 2.79. The van der Waals surface area contributed by atoms with Crippen molar-refractivity contribution < 1.29 is 14.3 Å². The van der Waals surface area contributed by atoms with Gasteiger partial charge < -0.3 is 10.1 Å². The van der Waals surface area contributed by atoms with Crippen molar-refractivity contribution in [3.8, 4) is 6.07 Å². The van der Waals surface area contributed by atoms with Crippen molar-refractivity contribution in [1.29, 1.82) is 5.26 Å². The standard InChI is InChI=1S/C17H17N3O3/c1-23-17(22)14(9-2-3-10-18)20-16(21)13-8-4-6-12-7-5-11-19-15(12)13/h4-8,11,14H,2-3,9H2,1H3,(H,20,21)/t14-/m1/s1. The number of hydrogen-bond donors (Lipinski definition) is 1. The summed E-state index contributed by atoms with van der Waals surface area (Å²) >= 11 is 0. The molecule has 118 valence electrons. The van der Waals surface area contributed by atoms with Crippen LogP contribution in [-0.4, -0.2) is 30.0 Å². The molecule has 0 bridgehead atoms. The van der Waals surface area contributed by atoms with Crippen molar-refractivity contribution in [1.82, 2.24) is 10.3 Å². The van der Waals surface area contributed by atoms with Crippen molar-refractivity contribution >= 4 is 22.8 Å². The van der Waals surface area contributed by atoms with Gasteiger partial charge in [0.2, 0.25) is 0 Å². The molecule has 0 aliphatic heterocycles. The minimum absolute atomic E-state index is 0.319. The van der Waals surface area contributed by atoms with Gasteiger partial charge in [0, 0.05) is 18.0 Å². The largest absolute Gasteiger partial charge is 0.467 e. The van der Waals surface area contributed by atoms with Crippen LogP contribution in [0.15, 0.2) is 36.5 Å². The summed E-state index contributed by atoms with van der Waals surface area (Å²) in [6, 6.07) is 10.2. The summed E-state index contributed by atoms with van der Waals surface area (Å²) in [6.45, 7) is 0. The third kappa shape index (κ3) is 4.04. The zero-order chi connectivity index (χ0) is 16.7. The molecule has 1 N–H and O–H groups in total. The first kappa shape index (κ1) is 16.4. The summed E-state index contributed by atoms with van der Waals surface area (Å²) in [4.78, 5) is 28.5. The number of unbranched alkanes of at least 4 members (excludes halogenated alkanes) is 1. The molecule has 0 spiro atoms. The number of pyridine rings is 1. The molecule has 0 saturated heterocycles. The molecule has 23 heavy (non-hydrogen) atoms. The number of hydrogen-bond acceptors (Lipinski definition) is 5. The van der Waals surface area contributed by atoms with Gasteiger partial charge in [0.05, 0.1) is 24.3 Å². The van der Waals surface area contributed by atoms with E-state index in [1.54, 1.807) is 24.4 Å². The van der Waals surface area contributed by atoms with Crippen molar-refractivity contribution in [2.45, 2.75) is 25.3 Å². The highest BCUT2D eigenvalue weighted by molar-refractivity contribution is 6.06. The van der Waals surface area contributed by atoms with E-state index >= 15 is 0 Å². The highest BCUT2D eigenvalue weighted by Gasteiger charge is 2.22. The number of nitriles is 1. The van der Waals surface area contributed by atoms with Gasteiger partial charge in [-0.1, -0.05) is 18.2 Å². The molecule has 2 aromatic rings. The Hall–Kier alpha value is -2.94. The van der Waals surface area contributed by atoms with Gasteiger partial charge in [-0.05, 0) is 25.0 Å². The van der Waals surface area contributed by atoms with Crippen molar-refractivity contribution in [3.63, 3.8) is 0 Å². The van der Waals surface area contributed by atoms with E-state index < -0.39 is 12.0 Å². The van der Waals surface area contributed by atoms with Crippen LogP contribution in [0.3, 0.4) is 0 Å². The number of esters is 1. The molecule has 1 amide bonds. The van der Waals surface area contributed by atoms with E-state index in [4.69, 9.17) is 10.00 Å². The predicted molar refractivity (Wildman–Crippen MR) is 84.5 cm³/mol. The van der Waals surface area contributed by atoms with Crippen LogP contribution in [-0.2, 0) is 9.53 Å². The molecule has 6 nitrogen and oxygen atoms in total. The van der Waals surface area contributed by atoms with Gasteiger partial charge in [-0.2, -0.15) is 5.26 Å². The molecule has 0 fully saturated rings. The molecule has 6 heteroatoms. The first-order chi connectivity index (χ1) is 11.2. The monoisotopic (exact) mass is 311 g/mol. The number of benzene rings is 1. The Labute approximate surface area is 134 Å². The second-order valence-corrected chi connectivity index (χ2v) is 4.98. The van der Waals surface area contributed by atoms with Crippen molar-refractivity contribution in [3.05, 3.63) is 42.1 Å². The number of carbonyl (C=O) groups excluding carboxylic acids is 2. The zero-order valence-corrected chi connectivity index (χ0v) is 12.8. The zero-order valence-electron chi connectivity index (χ0n) is 12.8. The lowest BCUT2D eigenvalue weighted by molar-refractivity contribution is -0.143. The lowest BCUT2D eigenvalue weighted by atomic mass is 10.1. The molecule has 1 aromatic heterocycles. The van der Waals surface area contributed by atoms with Crippen LogP contribution in [0.1, 0.15) is 29.6 Å². The third-order valence-electron chi connectivity index (χ3n) is 3.45. The van der Waals surface area contributed by atoms with Crippen molar-refractivity contribution in [2.24, 2.45) is 0 Å². The Kier molecular flexibility index (Phi) is 5.64. The molecule has 1 heterocycles. The smallest absolute Gasteiger partial charge is 0.328 e. The van der Waals surface area contributed by atoms with Crippen LogP contribution in [0.25, 0.3) is 10.9 Å². The molecule has 2 rings (SSSR count). The minimum Gasteiger partial charge on any atom is -0.467 e. The molecule has 0 saturated carbocycles. The van der Waals surface area contributed by atoms with Gasteiger partial charge >= 0.3 is 5.97 Å². The van der Waals surface area contributed by atoms with Gasteiger partial charge in [-0.15, -0.1) is 0 Å². The molecule has 1 aromatic carbocycles. The van der Waals surface area contributed by atoms with E-state index in [9.17, 15) is 9.59 Å². The molecule has 0 aliphatic carbocycles. The van der Waals surface area contributed by atoms with Gasteiger partial charge in [0.15, 0.2) is 0 Å². The van der Waals surface area contributed by atoms with Gasteiger partial charge in [0.25, 0.3) is 5.91 Å². The number of ether oxygens (including phenoxy) is 1. The summed E-state index contributed by atoms with van der Waals surface area (Å²) in [5.74, 6) is -0.911. The van der Waals surface area contributed by atoms with Crippen LogP contribution in [0, 0.1) is 11.3 Å². The number of nitrogens with zero attached hydrogens (tertiary/aromatic N) is 2. The second kappa shape index (κ2) is 7.90. The quantitative estimate of drug-likeness (QED) is 0.652. The van der Waals surface area contributed by atoms with E-state index in [0.717, 1.165) is 5.39 Å². The van der Waals surface area contributed by atoms with Crippen LogP contribution in [0.2, 0.25) is 0 Å². The second-order valence-electron chi connectivity index (χ2n) is 4.98. The molecule has 0 aliphatic rings. The average Bonchev–Trinajstić information content (AvgIpc) is 2.59. The first-order valence-corrected chi connectivity index (χ1v) is 7.26. The van der Waals surface area contributed by atoms with Crippen molar-refractivity contribution in [2.75, 3.05) is 7.11 Å². The lowest BCUT2D eigenvalue weighted by Crippen LogP contribution is -2.41. The van der Waals surface area contributed by atoms with E-state index in [2.05, 4.69) is 10.3 Å². The Balaban J connectivity index is 2.20. The van der Waals surface area contributed by atoms with E-state index in [1.165, 1.54) is 7.11 Å². The number of aromatic nitrogens is 1. The normalized spacial score (nSPS) is 11.5. The van der Waals surface area contributed by atoms with Crippen LogP contribution in [0.4, 0.5) is 0 Å². The van der Waals surface area contributed by atoms with Crippen LogP contribution >= 0.6 is 0 Å². The fourth-order valence-corrected chi connectivity index (χ4v) is 2.30. The van der Waals surface area contributed by atoms with E-state index in [-0.39, 0.29) is 5.91 Å². The van der Waals surface area contributed by atoms with Crippen LogP contribution in [0.5, 0.6) is 0 Å². The molecular weight excluding hydrogens is 294 g/mol. The Morgan fingerprint density at radius 3 is 2.87 bits per heavy atom.